The van der Waals surface area contributed by atoms with Crippen LogP contribution in [0.2, 0.25) is 0 Å². The highest BCUT2D eigenvalue weighted by Crippen LogP contribution is 2.40. The third kappa shape index (κ3) is 2.35. The Labute approximate surface area is 123 Å². The van der Waals surface area contributed by atoms with Crippen LogP contribution in [0.25, 0.3) is 10.9 Å². The Morgan fingerprint density at radius 1 is 1.24 bits per heavy atom. The maximum atomic E-state index is 11.9. The van der Waals surface area contributed by atoms with E-state index in [0.29, 0.717) is 17.2 Å². The number of Topliss-reactive ketones (excluding diaryl/α,β-unsaturated/α-hetero) is 1. The van der Waals surface area contributed by atoms with Gasteiger partial charge in [0.25, 0.3) is 0 Å². The lowest BCUT2D eigenvalue weighted by Crippen LogP contribution is -2.01. The van der Waals surface area contributed by atoms with E-state index in [1.165, 1.54) is 20.0 Å². The molecule has 0 radical (unpaired) electrons. The van der Waals surface area contributed by atoms with Crippen molar-refractivity contribution >= 4 is 22.7 Å². The van der Waals surface area contributed by atoms with Gasteiger partial charge in [0.05, 0.1) is 18.4 Å². The molecule has 0 spiro atoms. The van der Waals surface area contributed by atoms with E-state index in [1.54, 1.807) is 19.1 Å². The fourth-order valence-corrected chi connectivity index (χ4v) is 3.38. The highest BCUT2D eigenvalue weighted by Gasteiger charge is 2.25. The fraction of sp³-hybridized carbons (Fsp3) is 0.412. The molecule has 4 heteroatoms. The van der Waals surface area contributed by atoms with Crippen LogP contribution >= 0.6 is 0 Å². The Balaban J connectivity index is 2.17. The second-order valence-corrected chi connectivity index (χ2v) is 5.70. The summed E-state index contributed by atoms with van der Waals surface area (Å²) in [6.07, 6.45) is 4.70. The molecule has 2 aromatic rings. The van der Waals surface area contributed by atoms with Gasteiger partial charge < -0.3 is 9.72 Å². The molecule has 0 amide bonds. The number of ketones is 1. The number of aromatic amines is 1. The number of carbonyl (C=O) groups excluding carboxylic acids is 2. The van der Waals surface area contributed by atoms with Gasteiger partial charge in [0.2, 0.25) is 0 Å². The van der Waals surface area contributed by atoms with E-state index in [4.69, 9.17) is 4.74 Å². The topological polar surface area (TPSA) is 59.2 Å². The minimum atomic E-state index is -0.363. The molecular formula is C17H19NO3. The predicted octanol–water partition coefficient (Wildman–Crippen LogP) is 3.81. The highest BCUT2D eigenvalue weighted by atomic mass is 16.5. The van der Waals surface area contributed by atoms with Gasteiger partial charge in [0.1, 0.15) is 0 Å². The van der Waals surface area contributed by atoms with E-state index < -0.39 is 0 Å². The van der Waals surface area contributed by atoms with E-state index >= 15 is 0 Å². The zero-order valence-corrected chi connectivity index (χ0v) is 12.4. The normalized spacial score (nSPS) is 15.5. The zero-order chi connectivity index (χ0) is 15.0. The largest absolute Gasteiger partial charge is 0.465 e. The molecule has 0 bridgehead atoms. The van der Waals surface area contributed by atoms with Gasteiger partial charge in [-0.25, -0.2) is 4.79 Å². The molecule has 21 heavy (non-hydrogen) atoms. The number of hydrogen-bond acceptors (Lipinski definition) is 3. The summed E-state index contributed by atoms with van der Waals surface area (Å²) in [6.45, 7) is 1.59. The molecule has 3 rings (SSSR count). The average molecular weight is 285 g/mol. The molecule has 110 valence electrons. The Morgan fingerprint density at radius 2 is 1.95 bits per heavy atom. The summed E-state index contributed by atoms with van der Waals surface area (Å²) in [4.78, 5) is 26.8. The summed E-state index contributed by atoms with van der Waals surface area (Å²) in [7, 11) is 1.37. The third-order valence-electron chi connectivity index (χ3n) is 4.38. The zero-order valence-electron chi connectivity index (χ0n) is 12.4. The molecular weight excluding hydrogens is 266 g/mol. The molecule has 4 nitrogen and oxygen atoms in total. The van der Waals surface area contributed by atoms with Crippen LogP contribution in [0.1, 0.15) is 64.9 Å². The molecule has 1 heterocycles. The minimum Gasteiger partial charge on any atom is -0.465 e. The van der Waals surface area contributed by atoms with Crippen LogP contribution in [0, 0.1) is 0 Å². The Kier molecular flexibility index (Phi) is 3.53. The number of fused-ring (bicyclic) bond motifs is 1. The summed E-state index contributed by atoms with van der Waals surface area (Å²) >= 11 is 0. The maximum absolute atomic E-state index is 11.9. The van der Waals surface area contributed by atoms with E-state index in [2.05, 4.69) is 4.98 Å². The molecule has 0 atom stereocenters. The number of nitrogens with one attached hydrogen (secondary N) is 1. The van der Waals surface area contributed by atoms with Crippen molar-refractivity contribution in [1.29, 1.82) is 0 Å². The number of ether oxygens (including phenoxy) is 1. The van der Waals surface area contributed by atoms with E-state index in [9.17, 15) is 9.59 Å². The molecule has 1 fully saturated rings. The molecule has 1 aliphatic rings. The summed E-state index contributed by atoms with van der Waals surface area (Å²) in [6, 6.07) is 5.47. The van der Waals surface area contributed by atoms with E-state index in [0.717, 1.165) is 29.3 Å². The summed E-state index contributed by atoms with van der Waals surface area (Å²) in [5, 5.41) is 1.06. The second kappa shape index (κ2) is 5.35. The lowest BCUT2D eigenvalue weighted by atomic mass is 9.93. The second-order valence-electron chi connectivity index (χ2n) is 5.70. The van der Waals surface area contributed by atoms with Crippen LogP contribution in [-0.2, 0) is 4.74 Å². The Morgan fingerprint density at radius 3 is 2.57 bits per heavy atom. The number of methoxy groups -OCH3 is 1. The van der Waals surface area contributed by atoms with Gasteiger partial charge in [-0.05, 0) is 36.5 Å². The van der Waals surface area contributed by atoms with Crippen LogP contribution < -0.4 is 0 Å². The Hall–Kier alpha value is -2.10. The number of H-pyrrole nitrogens is 1. The van der Waals surface area contributed by atoms with Crippen molar-refractivity contribution in [3.05, 3.63) is 35.0 Å². The number of benzene rings is 1. The van der Waals surface area contributed by atoms with Crippen molar-refractivity contribution in [1.82, 2.24) is 4.98 Å². The minimum absolute atomic E-state index is 0.0488. The van der Waals surface area contributed by atoms with Crippen LogP contribution in [0.3, 0.4) is 0 Å². The first kappa shape index (κ1) is 13.9. The smallest absolute Gasteiger partial charge is 0.337 e. The van der Waals surface area contributed by atoms with Crippen molar-refractivity contribution in [2.24, 2.45) is 0 Å². The number of aromatic nitrogens is 1. The van der Waals surface area contributed by atoms with Crippen molar-refractivity contribution in [3.63, 3.8) is 0 Å². The summed E-state index contributed by atoms with van der Waals surface area (Å²) in [5.74, 6) is 0.132. The number of esters is 1. The van der Waals surface area contributed by atoms with Gasteiger partial charge in [-0.1, -0.05) is 18.9 Å². The van der Waals surface area contributed by atoms with Crippen molar-refractivity contribution in [2.45, 2.75) is 38.5 Å². The van der Waals surface area contributed by atoms with Crippen LogP contribution in [0.5, 0.6) is 0 Å². The lowest BCUT2D eigenvalue weighted by Gasteiger charge is -2.10. The maximum Gasteiger partial charge on any atom is 0.337 e. The van der Waals surface area contributed by atoms with Gasteiger partial charge >= 0.3 is 5.97 Å². The average Bonchev–Trinajstić information content (AvgIpc) is 3.11. The lowest BCUT2D eigenvalue weighted by molar-refractivity contribution is 0.0600. The standard InChI is InChI=1S/C17H19NO3/c1-10(19)16-15(11-5-3-4-6-11)13-8-7-12(17(20)21-2)9-14(13)18-16/h7-9,11,18H,3-6H2,1-2H3. The van der Waals surface area contributed by atoms with Crippen molar-refractivity contribution in [2.75, 3.05) is 7.11 Å². The van der Waals surface area contributed by atoms with Crippen LogP contribution in [0.15, 0.2) is 18.2 Å². The Bertz CT molecular complexity index is 708. The molecule has 0 unspecified atom stereocenters. The molecule has 1 aromatic carbocycles. The van der Waals surface area contributed by atoms with E-state index in [1.807, 2.05) is 6.07 Å². The first-order chi connectivity index (χ1) is 10.1. The first-order valence-electron chi connectivity index (χ1n) is 7.36. The molecule has 1 aliphatic carbocycles. The van der Waals surface area contributed by atoms with Crippen LogP contribution in [-0.4, -0.2) is 23.8 Å². The predicted molar refractivity (Wildman–Crippen MR) is 80.9 cm³/mol. The molecule has 1 saturated carbocycles. The third-order valence-corrected chi connectivity index (χ3v) is 4.38. The van der Waals surface area contributed by atoms with E-state index in [-0.39, 0.29) is 11.8 Å². The quantitative estimate of drug-likeness (QED) is 0.689. The molecule has 0 aliphatic heterocycles. The summed E-state index contributed by atoms with van der Waals surface area (Å²) in [5.41, 5.74) is 3.16. The SMILES string of the molecule is COC(=O)c1ccc2c(C3CCCC3)c(C(C)=O)[nH]c2c1. The number of rotatable bonds is 3. The van der Waals surface area contributed by atoms with Gasteiger partial charge in [-0.15, -0.1) is 0 Å². The van der Waals surface area contributed by atoms with Gasteiger partial charge in [0.15, 0.2) is 5.78 Å². The first-order valence-corrected chi connectivity index (χ1v) is 7.36. The van der Waals surface area contributed by atoms with Gasteiger partial charge in [-0.3, -0.25) is 4.79 Å². The molecule has 1 N–H and O–H groups in total. The monoisotopic (exact) mass is 285 g/mol. The van der Waals surface area contributed by atoms with Crippen LogP contribution in [0.4, 0.5) is 0 Å². The summed E-state index contributed by atoms with van der Waals surface area (Å²) < 4.78 is 4.75. The van der Waals surface area contributed by atoms with Crippen molar-refractivity contribution < 1.29 is 14.3 Å². The van der Waals surface area contributed by atoms with Crippen molar-refractivity contribution in [3.8, 4) is 0 Å². The number of carbonyl (C=O) groups is 2. The fourth-order valence-electron chi connectivity index (χ4n) is 3.38. The number of hydrogen-bond donors (Lipinski definition) is 1. The van der Waals surface area contributed by atoms with Gasteiger partial charge in [-0.2, -0.15) is 0 Å². The van der Waals surface area contributed by atoms with Gasteiger partial charge in [0, 0.05) is 17.8 Å². The molecule has 0 saturated heterocycles. The highest BCUT2D eigenvalue weighted by molar-refractivity contribution is 6.03. The molecule has 1 aromatic heterocycles.